The zero-order chi connectivity index (χ0) is 13.4. The molecule has 0 aromatic carbocycles. The Morgan fingerprint density at radius 2 is 1.89 bits per heavy atom. The first-order chi connectivity index (χ1) is 8.65. The smallest absolute Gasteiger partial charge is 0.322 e. The summed E-state index contributed by atoms with van der Waals surface area (Å²) in [6.07, 6.45) is 9.87. The van der Waals surface area contributed by atoms with Crippen LogP contribution in [-0.2, 0) is 9.53 Å². The van der Waals surface area contributed by atoms with Crippen LogP contribution in [0.2, 0.25) is 0 Å². The van der Waals surface area contributed by atoms with E-state index in [1.807, 2.05) is 0 Å². The second kappa shape index (κ2) is 8.08. The third-order valence-electron chi connectivity index (χ3n) is 4.00. The maximum Gasteiger partial charge on any atom is 0.322 e. The summed E-state index contributed by atoms with van der Waals surface area (Å²) in [5.74, 6) is 0.330. The number of thiol groups is 1. The number of hydrogen-bond acceptors (Lipinski definition) is 3. The van der Waals surface area contributed by atoms with Crippen molar-refractivity contribution in [2.24, 2.45) is 5.92 Å². The van der Waals surface area contributed by atoms with E-state index in [-0.39, 0.29) is 5.97 Å². The van der Waals surface area contributed by atoms with Crippen molar-refractivity contribution >= 4 is 18.6 Å². The molecule has 0 amide bonds. The predicted octanol–water partition coefficient (Wildman–Crippen LogP) is 4.38. The molecule has 1 atom stereocenters. The van der Waals surface area contributed by atoms with E-state index in [1.54, 1.807) is 0 Å². The molecule has 3 heteroatoms. The van der Waals surface area contributed by atoms with Crippen LogP contribution in [-0.4, -0.2) is 17.3 Å². The zero-order valence-electron chi connectivity index (χ0n) is 11.9. The van der Waals surface area contributed by atoms with Gasteiger partial charge in [-0.25, -0.2) is 0 Å². The van der Waals surface area contributed by atoms with Gasteiger partial charge in [-0.15, -0.1) is 0 Å². The van der Waals surface area contributed by atoms with Gasteiger partial charge in [0.15, 0.2) is 0 Å². The average Bonchev–Trinajstić information content (AvgIpc) is 2.40. The Labute approximate surface area is 117 Å². The molecule has 0 aromatic heterocycles. The molecule has 0 radical (unpaired) electrons. The fourth-order valence-electron chi connectivity index (χ4n) is 2.87. The van der Waals surface area contributed by atoms with Crippen molar-refractivity contribution in [1.29, 1.82) is 0 Å². The first-order valence-corrected chi connectivity index (χ1v) is 7.99. The number of carbonyl (C=O) groups is 1. The number of unbranched alkanes of at least 4 members (excludes halogenated alkanes) is 1. The van der Waals surface area contributed by atoms with Crippen molar-refractivity contribution in [3.8, 4) is 0 Å². The Balaban J connectivity index is 2.61. The van der Waals surface area contributed by atoms with Crippen LogP contribution in [0.3, 0.4) is 0 Å². The SMILES string of the molecule is CCCCOC(=O)C(S)(CCC)C1CCCCC1. The molecule has 1 unspecified atom stereocenters. The Kier molecular flexibility index (Phi) is 7.13. The van der Waals surface area contributed by atoms with Gasteiger partial charge in [0.2, 0.25) is 0 Å². The highest BCUT2D eigenvalue weighted by molar-refractivity contribution is 7.82. The van der Waals surface area contributed by atoms with Crippen molar-refractivity contribution in [3.05, 3.63) is 0 Å². The van der Waals surface area contributed by atoms with Gasteiger partial charge in [0.1, 0.15) is 4.75 Å². The van der Waals surface area contributed by atoms with Crippen molar-refractivity contribution in [1.82, 2.24) is 0 Å². The van der Waals surface area contributed by atoms with Gasteiger partial charge in [0, 0.05) is 0 Å². The van der Waals surface area contributed by atoms with Crippen LogP contribution in [0.15, 0.2) is 0 Å². The molecule has 18 heavy (non-hydrogen) atoms. The zero-order valence-corrected chi connectivity index (χ0v) is 12.8. The van der Waals surface area contributed by atoms with Gasteiger partial charge in [0.05, 0.1) is 6.61 Å². The van der Waals surface area contributed by atoms with Crippen molar-refractivity contribution < 1.29 is 9.53 Å². The highest BCUT2D eigenvalue weighted by atomic mass is 32.1. The molecule has 0 N–H and O–H groups in total. The second-order valence-electron chi connectivity index (χ2n) is 5.50. The third-order valence-corrected chi connectivity index (χ3v) is 4.77. The van der Waals surface area contributed by atoms with Gasteiger partial charge < -0.3 is 4.74 Å². The van der Waals surface area contributed by atoms with Crippen LogP contribution in [0.4, 0.5) is 0 Å². The van der Waals surface area contributed by atoms with Gasteiger partial charge in [-0.3, -0.25) is 4.79 Å². The molecule has 2 nitrogen and oxygen atoms in total. The first-order valence-electron chi connectivity index (χ1n) is 7.54. The van der Waals surface area contributed by atoms with E-state index in [0.29, 0.717) is 12.5 Å². The van der Waals surface area contributed by atoms with Gasteiger partial charge in [-0.05, 0) is 31.6 Å². The van der Waals surface area contributed by atoms with E-state index in [2.05, 4.69) is 13.8 Å². The Hall–Kier alpha value is -0.180. The first kappa shape index (κ1) is 15.9. The monoisotopic (exact) mass is 272 g/mol. The van der Waals surface area contributed by atoms with Crippen molar-refractivity contribution in [2.45, 2.75) is 76.4 Å². The number of esters is 1. The lowest BCUT2D eigenvalue weighted by Gasteiger charge is -2.36. The summed E-state index contributed by atoms with van der Waals surface area (Å²) >= 11 is 4.76. The van der Waals surface area contributed by atoms with Crippen LogP contribution < -0.4 is 0 Å². The molecule has 1 aliphatic carbocycles. The summed E-state index contributed by atoms with van der Waals surface area (Å²) in [6, 6.07) is 0. The summed E-state index contributed by atoms with van der Waals surface area (Å²) in [6.45, 7) is 4.77. The number of ether oxygens (including phenoxy) is 1. The molecular formula is C15H28O2S. The Morgan fingerprint density at radius 1 is 1.22 bits per heavy atom. The minimum absolute atomic E-state index is 0.0759. The van der Waals surface area contributed by atoms with E-state index in [9.17, 15) is 4.79 Å². The summed E-state index contributed by atoms with van der Waals surface area (Å²) in [7, 11) is 0. The molecular weight excluding hydrogens is 244 g/mol. The maximum absolute atomic E-state index is 12.3. The molecule has 1 rings (SSSR count). The molecule has 0 aromatic rings. The Morgan fingerprint density at radius 3 is 2.44 bits per heavy atom. The molecule has 1 saturated carbocycles. The van der Waals surface area contributed by atoms with Gasteiger partial charge >= 0.3 is 5.97 Å². The molecule has 0 spiro atoms. The summed E-state index contributed by atoms with van der Waals surface area (Å²) < 4.78 is 4.90. The molecule has 0 aliphatic heterocycles. The van der Waals surface area contributed by atoms with Crippen molar-refractivity contribution in [2.75, 3.05) is 6.61 Å². The Bertz CT molecular complexity index is 249. The normalized spacial score (nSPS) is 20.4. The highest BCUT2D eigenvalue weighted by Gasteiger charge is 2.43. The molecule has 0 bridgehead atoms. The average molecular weight is 272 g/mol. The predicted molar refractivity (Wildman–Crippen MR) is 79.1 cm³/mol. The largest absolute Gasteiger partial charge is 0.465 e. The van der Waals surface area contributed by atoms with Crippen LogP contribution in [0.1, 0.15) is 71.6 Å². The maximum atomic E-state index is 12.3. The number of hydrogen-bond donors (Lipinski definition) is 1. The molecule has 106 valence electrons. The lowest BCUT2D eigenvalue weighted by Crippen LogP contribution is -2.43. The lowest BCUT2D eigenvalue weighted by molar-refractivity contribution is -0.149. The number of carbonyl (C=O) groups excluding carboxylic acids is 1. The van der Waals surface area contributed by atoms with Crippen LogP contribution in [0.25, 0.3) is 0 Å². The van der Waals surface area contributed by atoms with E-state index in [4.69, 9.17) is 17.4 Å². The molecule has 1 aliphatic rings. The van der Waals surface area contributed by atoms with E-state index in [1.165, 1.54) is 19.3 Å². The number of rotatable bonds is 7. The van der Waals surface area contributed by atoms with E-state index < -0.39 is 4.75 Å². The van der Waals surface area contributed by atoms with E-state index >= 15 is 0 Å². The summed E-state index contributed by atoms with van der Waals surface area (Å²) in [5, 5.41) is 0. The minimum Gasteiger partial charge on any atom is -0.465 e. The topological polar surface area (TPSA) is 26.3 Å². The highest BCUT2D eigenvalue weighted by Crippen LogP contribution is 2.40. The van der Waals surface area contributed by atoms with Crippen LogP contribution in [0, 0.1) is 5.92 Å². The third kappa shape index (κ3) is 4.18. The minimum atomic E-state index is -0.539. The van der Waals surface area contributed by atoms with Crippen LogP contribution in [0.5, 0.6) is 0 Å². The quantitative estimate of drug-likeness (QED) is 0.423. The molecule has 0 heterocycles. The fourth-order valence-corrected chi connectivity index (χ4v) is 3.41. The molecule has 0 saturated heterocycles. The van der Waals surface area contributed by atoms with Gasteiger partial charge in [0.25, 0.3) is 0 Å². The summed E-state index contributed by atoms with van der Waals surface area (Å²) in [4.78, 5) is 12.3. The fraction of sp³-hybridized carbons (Fsp3) is 0.933. The molecule has 1 fully saturated rings. The standard InChI is InChI=1S/C15H28O2S/c1-3-5-12-17-14(16)15(18,11-4-2)13-9-7-6-8-10-13/h13,18H,3-12H2,1-2H3. The van der Waals surface area contributed by atoms with E-state index in [0.717, 1.165) is 38.5 Å². The van der Waals surface area contributed by atoms with Crippen LogP contribution >= 0.6 is 12.6 Å². The lowest BCUT2D eigenvalue weighted by atomic mass is 9.77. The van der Waals surface area contributed by atoms with Crippen molar-refractivity contribution in [3.63, 3.8) is 0 Å². The van der Waals surface area contributed by atoms with Gasteiger partial charge in [-0.2, -0.15) is 12.6 Å². The summed E-state index contributed by atoms with van der Waals surface area (Å²) in [5.41, 5.74) is 0. The van der Waals surface area contributed by atoms with Gasteiger partial charge in [-0.1, -0.05) is 46.0 Å². The second-order valence-corrected chi connectivity index (χ2v) is 6.30.